The molecule has 0 bridgehead atoms. The Morgan fingerprint density at radius 2 is 2.17 bits per heavy atom. The summed E-state index contributed by atoms with van der Waals surface area (Å²) in [5.41, 5.74) is 0.510. The smallest absolute Gasteiger partial charge is 0.170 e. The number of nitrogens with zero attached hydrogens (tertiary/aromatic N) is 3. The average molecular weight is 248 g/mol. The van der Waals surface area contributed by atoms with E-state index in [1.54, 1.807) is 6.20 Å². The number of nitrogens with one attached hydrogen (secondary N) is 1. The summed E-state index contributed by atoms with van der Waals surface area (Å²) in [6, 6.07) is 0.484. The van der Waals surface area contributed by atoms with Crippen molar-refractivity contribution in [1.82, 2.24) is 15.3 Å². The van der Waals surface area contributed by atoms with Crippen molar-refractivity contribution in [2.45, 2.75) is 38.8 Å². The van der Waals surface area contributed by atoms with Crippen molar-refractivity contribution in [3.8, 4) is 0 Å². The molecule has 1 aliphatic rings. The fourth-order valence-corrected chi connectivity index (χ4v) is 2.25. The highest BCUT2D eigenvalue weighted by molar-refractivity contribution is 5.71. The van der Waals surface area contributed by atoms with Gasteiger partial charge in [-0.05, 0) is 27.2 Å². The lowest BCUT2D eigenvalue weighted by molar-refractivity contribution is 0.111. The standard InChI is InChI=1S/C13H20N4O/c1-13(2,3)16-10-4-5-17(8-10)12-7-14-11(9-18)6-15-12/h6-7,9-10,16H,4-5,8H2,1-3H3. The second kappa shape index (κ2) is 5.02. The first-order chi connectivity index (χ1) is 8.48. The number of anilines is 1. The van der Waals surface area contributed by atoms with Gasteiger partial charge in [0.05, 0.1) is 12.4 Å². The van der Waals surface area contributed by atoms with Gasteiger partial charge in [0.1, 0.15) is 11.5 Å². The zero-order valence-corrected chi connectivity index (χ0v) is 11.2. The van der Waals surface area contributed by atoms with Gasteiger partial charge in [0.2, 0.25) is 0 Å². The van der Waals surface area contributed by atoms with E-state index >= 15 is 0 Å². The van der Waals surface area contributed by atoms with E-state index in [0.717, 1.165) is 25.3 Å². The van der Waals surface area contributed by atoms with Crippen LogP contribution in [0, 0.1) is 0 Å². The maximum Gasteiger partial charge on any atom is 0.170 e. The average Bonchev–Trinajstić information content (AvgIpc) is 2.75. The molecule has 18 heavy (non-hydrogen) atoms. The SMILES string of the molecule is CC(C)(C)NC1CCN(c2cnc(C=O)cn2)C1. The van der Waals surface area contributed by atoms with E-state index in [9.17, 15) is 4.79 Å². The third kappa shape index (κ3) is 3.26. The fraction of sp³-hybridized carbons (Fsp3) is 0.615. The minimum atomic E-state index is 0.133. The predicted octanol–water partition coefficient (Wildman–Crippen LogP) is 1.26. The molecular formula is C13H20N4O. The van der Waals surface area contributed by atoms with Crippen LogP contribution >= 0.6 is 0 Å². The number of rotatable bonds is 3. The molecule has 1 N–H and O–H groups in total. The fourth-order valence-electron chi connectivity index (χ4n) is 2.25. The highest BCUT2D eigenvalue weighted by atomic mass is 16.1. The Morgan fingerprint density at radius 3 is 2.72 bits per heavy atom. The molecule has 1 atom stereocenters. The van der Waals surface area contributed by atoms with Crippen LogP contribution in [0.3, 0.4) is 0 Å². The number of aromatic nitrogens is 2. The van der Waals surface area contributed by atoms with Crippen LogP contribution in [0.15, 0.2) is 12.4 Å². The second-order valence-corrected chi connectivity index (χ2v) is 5.74. The van der Waals surface area contributed by atoms with Crippen LogP contribution in [0.2, 0.25) is 0 Å². The van der Waals surface area contributed by atoms with Crippen LogP contribution in [0.25, 0.3) is 0 Å². The van der Waals surface area contributed by atoms with Crippen LogP contribution < -0.4 is 10.2 Å². The summed E-state index contributed by atoms with van der Waals surface area (Å²) in [6.45, 7) is 8.44. The van der Waals surface area contributed by atoms with Gasteiger partial charge in [-0.25, -0.2) is 9.97 Å². The molecule has 0 saturated carbocycles. The maximum atomic E-state index is 10.5. The van der Waals surface area contributed by atoms with Crippen molar-refractivity contribution in [2.75, 3.05) is 18.0 Å². The lowest BCUT2D eigenvalue weighted by Gasteiger charge is -2.26. The number of aldehydes is 1. The molecule has 1 unspecified atom stereocenters. The summed E-state index contributed by atoms with van der Waals surface area (Å²) < 4.78 is 0. The molecule has 1 aliphatic heterocycles. The van der Waals surface area contributed by atoms with Crippen LogP contribution in [0.5, 0.6) is 0 Å². The Kier molecular flexibility index (Phi) is 3.61. The topological polar surface area (TPSA) is 58.1 Å². The predicted molar refractivity (Wildman–Crippen MR) is 70.9 cm³/mol. The van der Waals surface area contributed by atoms with Gasteiger partial charge < -0.3 is 10.2 Å². The Balaban J connectivity index is 1.97. The first-order valence-corrected chi connectivity index (χ1v) is 6.28. The Bertz CT molecular complexity index is 410. The highest BCUT2D eigenvalue weighted by Gasteiger charge is 2.26. The number of carbonyl (C=O) groups is 1. The van der Waals surface area contributed by atoms with Gasteiger partial charge in [-0.15, -0.1) is 0 Å². The van der Waals surface area contributed by atoms with Crippen LogP contribution in [-0.2, 0) is 0 Å². The lowest BCUT2D eigenvalue weighted by atomic mass is 10.1. The van der Waals surface area contributed by atoms with E-state index in [0.29, 0.717) is 18.0 Å². The number of carbonyl (C=O) groups excluding carboxylic acids is 1. The van der Waals surface area contributed by atoms with Crippen LogP contribution in [-0.4, -0.2) is 40.9 Å². The summed E-state index contributed by atoms with van der Waals surface area (Å²) in [5.74, 6) is 0.846. The van der Waals surface area contributed by atoms with Gasteiger partial charge in [-0.3, -0.25) is 4.79 Å². The molecule has 2 rings (SSSR count). The van der Waals surface area contributed by atoms with Crippen molar-refractivity contribution in [3.63, 3.8) is 0 Å². The normalized spacial score (nSPS) is 20.2. The second-order valence-electron chi connectivity index (χ2n) is 5.74. The molecule has 0 radical (unpaired) electrons. The van der Waals surface area contributed by atoms with Crippen LogP contribution in [0.4, 0.5) is 5.82 Å². The van der Waals surface area contributed by atoms with Crippen molar-refractivity contribution >= 4 is 12.1 Å². The quantitative estimate of drug-likeness (QED) is 0.816. The maximum absolute atomic E-state index is 10.5. The summed E-state index contributed by atoms with van der Waals surface area (Å²) >= 11 is 0. The van der Waals surface area contributed by atoms with Crippen LogP contribution in [0.1, 0.15) is 37.7 Å². The molecule has 5 nitrogen and oxygen atoms in total. The lowest BCUT2D eigenvalue weighted by Crippen LogP contribution is -2.44. The van der Waals surface area contributed by atoms with E-state index in [1.165, 1.54) is 6.20 Å². The van der Waals surface area contributed by atoms with Gasteiger partial charge in [-0.1, -0.05) is 0 Å². The molecule has 2 heterocycles. The molecule has 98 valence electrons. The summed E-state index contributed by atoms with van der Waals surface area (Å²) in [7, 11) is 0. The van der Waals surface area contributed by atoms with Gasteiger partial charge in [0.25, 0.3) is 0 Å². The molecule has 5 heteroatoms. The molecule has 1 fully saturated rings. The van der Waals surface area contributed by atoms with Crippen molar-refractivity contribution < 1.29 is 4.79 Å². The molecule has 0 aromatic carbocycles. The van der Waals surface area contributed by atoms with E-state index < -0.39 is 0 Å². The third-order valence-electron chi connectivity index (χ3n) is 2.93. The molecule has 0 aliphatic carbocycles. The van der Waals surface area contributed by atoms with Crippen molar-refractivity contribution in [1.29, 1.82) is 0 Å². The molecule has 1 aromatic rings. The summed E-state index contributed by atoms with van der Waals surface area (Å²) in [5, 5.41) is 3.59. The Morgan fingerprint density at radius 1 is 1.39 bits per heavy atom. The highest BCUT2D eigenvalue weighted by Crippen LogP contribution is 2.18. The van der Waals surface area contributed by atoms with Crippen molar-refractivity contribution in [3.05, 3.63) is 18.1 Å². The zero-order chi connectivity index (χ0) is 13.2. The largest absolute Gasteiger partial charge is 0.354 e. The first-order valence-electron chi connectivity index (χ1n) is 6.28. The zero-order valence-electron chi connectivity index (χ0n) is 11.2. The molecule has 1 saturated heterocycles. The molecular weight excluding hydrogens is 228 g/mol. The van der Waals surface area contributed by atoms with Crippen molar-refractivity contribution in [2.24, 2.45) is 0 Å². The molecule has 0 amide bonds. The summed E-state index contributed by atoms with van der Waals surface area (Å²) in [6.07, 6.45) is 5.01. The van der Waals surface area contributed by atoms with Gasteiger partial charge in [-0.2, -0.15) is 0 Å². The van der Waals surface area contributed by atoms with E-state index in [1.807, 2.05) is 0 Å². The first kappa shape index (κ1) is 13.0. The molecule has 0 spiro atoms. The van der Waals surface area contributed by atoms with E-state index in [4.69, 9.17) is 0 Å². The van der Waals surface area contributed by atoms with Gasteiger partial charge in [0.15, 0.2) is 6.29 Å². The van der Waals surface area contributed by atoms with E-state index in [2.05, 4.69) is 41.0 Å². The third-order valence-corrected chi connectivity index (χ3v) is 2.93. The van der Waals surface area contributed by atoms with Gasteiger partial charge >= 0.3 is 0 Å². The number of hydrogen-bond acceptors (Lipinski definition) is 5. The minimum Gasteiger partial charge on any atom is -0.354 e. The Hall–Kier alpha value is -1.49. The van der Waals surface area contributed by atoms with Gasteiger partial charge in [0, 0.05) is 24.7 Å². The molecule has 1 aromatic heterocycles. The van der Waals surface area contributed by atoms with E-state index in [-0.39, 0.29) is 5.54 Å². The summed E-state index contributed by atoms with van der Waals surface area (Å²) in [4.78, 5) is 21.0. The Labute approximate surface area is 108 Å². The monoisotopic (exact) mass is 248 g/mol. The minimum absolute atomic E-state index is 0.133. The number of hydrogen-bond donors (Lipinski definition) is 1.